The lowest BCUT2D eigenvalue weighted by Crippen LogP contribution is -2.32. The summed E-state index contributed by atoms with van der Waals surface area (Å²) in [7, 11) is 0. The van der Waals surface area contributed by atoms with E-state index in [2.05, 4.69) is 0 Å². The van der Waals surface area contributed by atoms with Crippen molar-refractivity contribution in [2.24, 2.45) is 5.92 Å². The Morgan fingerprint density at radius 2 is 1.85 bits per heavy atom. The fourth-order valence-corrected chi connectivity index (χ4v) is 3.30. The quantitative estimate of drug-likeness (QED) is 0.352. The van der Waals surface area contributed by atoms with Crippen LogP contribution in [0.1, 0.15) is 51.0 Å². The van der Waals surface area contributed by atoms with Crippen molar-refractivity contribution in [3.63, 3.8) is 0 Å². The molecular weight excluding hydrogens is 354 g/mol. The molecule has 0 N–H and O–H groups in total. The van der Waals surface area contributed by atoms with Gasteiger partial charge in [-0.3, -0.25) is 19.3 Å². The van der Waals surface area contributed by atoms with Gasteiger partial charge in [0, 0.05) is 24.4 Å². The number of benzene rings is 1. The number of unbranched alkanes of at least 4 members (excludes halogenated alkanes) is 3. The van der Waals surface area contributed by atoms with Crippen LogP contribution in [0.15, 0.2) is 24.3 Å². The lowest BCUT2D eigenvalue weighted by molar-refractivity contribution is -0.143. The van der Waals surface area contributed by atoms with Gasteiger partial charge in [-0.2, -0.15) is 0 Å². The van der Waals surface area contributed by atoms with E-state index < -0.39 is 0 Å². The number of imide groups is 1. The first-order chi connectivity index (χ1) is 12.5. The first kappa shape index (κ1) is 20.4. The first-order valence-corrected chi connectivity index (χ1v) is 9.63. The number of hydrogen-bond acceptors (Lipinski definition) is 4. The summed E-state index contributed by atoms with van der Waals surface area (Å²) in [5, 5.41) is 0.659. The van der Waals surface area contributed by atoms with Crippen molar-refractivity contribution in [3.05, 3.63) is 34.9 Å². The molecule has 1 saturated heterocycles. The summed E-state index contributed by atoms with van der Waals surface area (Å²) >= 11 is 5.87. The van der Waals surface area contributed by atoms with Crippen LogP contribution in [-0.4, -0.2) is 35.8 Å². The van der Waals surface area contributed by atoms with Gasteiger partial charge in [0.1, 0.15) is 0 Å². The average Bonchev–Trinajstić information content (AvgIpc) is 2.87. The molecule has 5 nitrogen and oxygen atoms in total. The number of carbonyl (C=O) groups excluding carboxylic acids is 3. The minimum atomic E-state index is -0.271. The van der Waals surface area contributed by atoms with Crippen molar-refractivity contribution >= 4 is 29.4 Å². The Morgan fingerprint density at radius 3 is 2.54 bits per heavy atom. The largest absolute Gasteiger partial charge is 0.466 e. The molecule has 6 heteroatoms. The molecule has 26 heavy (non-hydrogen) atoms. The Balaban J connectivity index is 1.70. The summed E-state index contributed by atoms with van der Waals surface area (Å²) in [6, 6.07) is 7.39. The minimum absolute atomic E-state index is 0.0727. The van der Waals surface area contributed by atoms with Gasteiger partial charge < -0.3 is 4.74 Å². The van der Waals surface area contributed by atoms with Crippen LogP contribution in [-0.2, 0) is 25.5 Å². The summed E-state index contributed by atoms with van der Waals surface area (Å²) in [4.78, 5) is 37.3. The van der Waals surface area contributed by atoms with Gasteiger partial charge in [0.2, 0.25) is 11.8 Å². The summed E-state index contributed by atoms with van der Waals surface area (Å²) in [6.45, 7) is 2.67. The lowest BCUT2D eigenvalue weighted by Gasteiger charge is -2.15. The molecule has 1 heterocycles. The molecule has 0 saturated carbocycles. The van der Waals surface area contributed by atoms with E-state index >= 15 is 0 Å². The summed E-state index contributed by atoms with van der Waals surface area (Å²) in [6.07, 6.45) is 4.61. The number of carbonyl (C=O) groups is 3. The van der Waals surface area contributed by atoms with Gasteiger partial charge in [-0.1, -0.05) is 36.6 Å². The van der Waals surface area contributed by atoms with Crippen LogP contribution in [0.25, 0.3) is 0 Å². The van der Waals surface area contributed by atoms with E-state index in [1.807, 2.05) is 12.1 Å². The maximum atomic E-state index is 12.5. The highest BCUT2D eigenvalue weighted by atomic mass is 35.5. The van der Waals surface area contributed by atoms with Gasteiger partial charge in [0.25, 0.3) is 0 Å². The molecule has 2 amide bonds. The van der Waals surface area contributed by atoms with Crippen LogP contribution < -0.4 is 0 Å². The van der Waals surface area contributed by atoms with E-state index in [1.54, 1.807) is 19.1 Å². The molecule has 1 aromatic carbocycles. The summed E-state index contributed by atoms with van der Waals surface area (Å²) < 4.78 is 4.88. The number of amides is 2. The monoisotopic (exact) mass is 379 g/mol. The Morgan fingerprint density at radius 1 is 1.15 bits per heavy atom. The molecule has 0 aromatic heterocycles. The second-order valence-electron chi connectivity index (χ2n) is 6.58. The predicted molar refractivity (Wildman–Crippen MR) is 99.7 cm³/mol. The van der Waals surface area contributed by atoms with Crippen molar-refractivity contribution < 1.29 is 19.1 Å². The van der Waals surface area contributed by atoms with Gasteiger partial charge in [0.05, 0.1) is 12.5 Å². The van der Waals surface area contributed by atoms with Crippen molar-refractivity contribution in [2.75, 3.05) is 13.2 Å². The highest BCUT2D eigenvalue weighted by molar-refractivity contribution is 6.30. The smallest absolute Gasteiger partial charge is 0.305 e. The van der Waals surface area contributed by atoms with Crippen LogP contribution in [0, 0.1) is 5.92 Å². The maximum absolute atomic E-state index is 12.5. The van der Waals surface area contributed by atoms with Crippen LogP contribution in [0.2, 0.25) is 5.02 Å². The number of hydrogen-bond donors (Lipinski definition) is 0. The molecule has 0 aliphatic carbocycles. The molecule has 1 fully saturated rings. The summed E-state index contributed by atoms with van der Waals surface area (Å²) in [5.41, 5.74) is 1.02. The zero-order valence-corrected chi connectivity index (χ0v) is 16.0. The van der Waals surface area contributed by atoms with Crippen molar-refractivity contribution in [2.45, 2.75) is 51.9 Å². The number of likely N-dealkylation sites (tertiary alicyclic amines) is 1. The second-order valence-corrected chi connectivity index (χ2v) is 7.02. The molecule has 0 radical (unpaired) electrons. The van der Waals surface area contributed by atoms with Gasteiger partial charge in [-0.05, 0) is 43.9 Å². The zero-order chi connectivity index (χ0) is 18.9. The van der Waals surface area contributed by atoms with E-state index in [1.165, 1.54) is 4.90 Å². The van der Waals surface area contributed by atoms with Crippen LogP contribution in [0.5, 0.6) is 0 Å². The number of nitrogens with zero attached hydrogens (tertiary/aromatic N) is 1. The number of ether oxygens (including phenoxy) is 1. The van der Waals surface area contributed by atoms with Crippen LogP contribution in [0.3, 0.4) is 0 Å². The molecule has 1 atom stereocenters. The molecule has 2 rings (SSSR count). The molecule has 1 aromatic rings. The third-order valence-corrected chi connectivity index (χ3v) is 4.80. The third kappa shape index (κ3) is 6.13. The Labute approximate surface area is 159 Å². The van der Waals surface area contributed by atoms with Gasteiger partial charge >= 0.3 is 5.97 Å². The van der Waals surface area contributed by atoms with Gasteiger partial charge in [-0.25, -0.2) is 0 Å². The predicted octanol–water partition coefficient (Wildman–Crippen LogP) is 3.77. The van der Waals surface area contributed by atoms with E-state index in [4.69, 9.17) is 16.3 Å². The van der Waals surface area contributed by atoms with Crippen molar-refractivity contribution in [1.29, 1.82) is 0 Å². The van der Waals surface area contributed by atoms with E-state index in [9.17, 15) is 14.4 Å². The highest BCUT2D eigenvalue weighted by Crippen LogP contribution is 2.24. The second kappa shape index (κ2) is 10.3. The van der Waals surface area contributed by atoms with Crippen molar-refractivity contribution in [3.8, 4) is 0 Å². The maximum Gasteiger partial charge on any atom is 0.305 e. The fraction of sp³-hybridized carbons (Fsp3) is 0.550. The molecular formula is C20H26ClNO4. The van der Waals surface area contributed by atoms with Crippen LogP contribution in [0.4, 0.5) is 0 Å². The molecule has 1 aliphatic rings. The van der Waals surface area contributed by atoms with Crippen LogP contribution >= 0.6 is 11.6 Å². The normalized spacial score (nSPS) is 17.0. The lowest BCUT2D eigenvalue weighted by atomic mass is 9.98. The minimum Gasteiger partial charge on any atom is -0.466 e. The topological polar surface area (TPSA) is 63.7 Å². The first-order valence-electron chi connectivity index (χ1n) is 9.25. The number of halogens is 1. The van der Waals surface area contributed by atoms with Gasteiger partial charge in [-0.15, -0.1) is 0 Å². The standard InChI is InChI=1S/C20H26ClNO4/c1-2-26-19(24)7-5-3-4-6-12-22-18(23)14-16(20(22)25)13-15-8-10-17(21)11-9-15/h8-11,16H,2-7,12-14H2,1H3. The Hall–Kier alpha value is -1.88. The van der Waals surface area contributed by atoms with Crippen molar-refractivity contribution in [1.82, 2.24) is 4.90 Å². The zero-order valence-electron chi connectivity index (χ0n) is 15.2. The molecule has 142 valence electrons. The SMILES string of the molecule is CCOC(=O)CCCCCCN1C(=O)CC(Cc2ccc(Cl)cc2)C1=O. The van der Waals surface area contributed by atoms with E-state index in [0.717, 1.165) is 31.2 Å². The molecule has 1 unspecified atom stereocenters. The highest BCUT2D eigenvalue weighted by Gasteiger charge is 2.37. The van der Waals surface area contributed by atoms with E-state index in [-0.39, 0.29) is 30.1 Å². The van der Waals surface area contributed by atoms with Gasteiger partial charge in [0.15, 0.2) is 0 Å². The number of esters is 1. The third-order valence-electron chi connectivity index (χ3n) is 4.55. The summed E-state index contributed by atoms with van der Waals surface area (Å²) in [5.74, 6) is -0.591. The Bertz CT molecular complexity index is 629. The molecule has 0 bridgehead atoms. The Kier molecular flexibility index (Phi) is 8.10. The molecule has 0 spiro atoms. The average molecular weight is 380 g/mol. The fourth-order valence-electron chi connectivity index (χ4n) is 3.18. The van der Waals surface area contributed by atoms with E-state index in [0.29, 0.717) is 31.0 Å². The number of rotatable bonds is 10. The molecule has 1 aliphatic heterocycles.